The van der Waals surface area contributed by atoms with Crippen molar-refractivity contribution in [2.75, 3.05) is 18.7 Å². The summed E-state index contributed by atoms with van der Waals surface area (Å²) < 4.78 is 30.1. The predicted octanol–water partition coefficient (Wildman–Crippen LogP) is 0.574. The molecule has 29 heavy (non-hydrogen) atoms. The number of anilines is 1. The average molecular weight is 411 g/mol. The number of hydrogen-bond acceptors (Lipinski definition) is 10. The molecule has 2 N–H and O–H groups in total. The normalized spacial score (nSPS) is 35.4. The Morgan fingerprint density at radius 2 is 2.14 bits per heavy atom. The third-order valence-electron chi connectivity index (χ3n) is 5.37. The molecule has 11 heteroatoms. The molecule has 3 fully saturated rings. The maximum Gasteiger partial charge on any atom is 0.351 e. The first-order valence-electron chi connectivity index (χ1n) is 9.54. The third kappa shape index (κ3) is 3.76. The zero-order valence-corrected chi connectivity index (χ0v) is 16.5. The Morgan fingerprint density at radius 3 is 2.79 bits per heavy atom. The van der Waals surface area contributed by atoms with Crippen molar-refractivity contribution in [1.29, 1.82) is 0 Å². The topological polar surface area (TPSA) is 130 Å². The highest BCUT2D eigenvalue weighted by molar-refractivity contribution is 5.79. The van der Waals surface area contributed by atoms with Crippen LogP contribution in [0, 0.1) is 0 Å². The van der Waals surface area contributed by atoms with Crippen molar-refractivity contribution in [3.05, 3.63) is 22.7 Å². The van der Waals surface area contributed by atoms with Gasteiger partial charge in [-0.05, 0) is 39.7 Å². The lowest BCUT2D eigenvalue weighted by Gasteiger charge is -2.26. The summed E-state index contributed by atoms with van der Waals surface area (Å²) >= 11 is 0. The number of nitrogens with zero attached hydrogens (tertiary/aromatic N) is 2. The van der Waals surface area contributed by atoms with E-state index in [2.05, 4.69) is 4.98 Å². The lowest BCUT2D eigenvalue weighted by Crippen LogP contribution is -2.40. The van der Waals surface area contributed by atoms with Crippen LogP contribution in [-0.4, -0.2) is 63.6 Å². The number of rotatable bonds is 5. The molecule has 0 spiro atoms. The summed E-state index contributed by atoms with van der Waals surface area (Å²) in [4.78, 5) is 28.5. The Hall–Kier alpha value is -2.05. The van der Waals surface area contributed by atoms with Crippen LogP contribution in [0.5, 0.6) is 0 Å². The fourth-order valence-electron chi connectivity index (χ4n) is 3.94. The Balaban J connectivity index is 1.52. The maximum atomic E-state index is 12.4. The molecule has 5 atom stereocenters. The molecule has 4 heterocycles. The Bertz CT molecular complexity index is 835. The van der Waals surface area contributed by atoms with Gasteiger partial charge in [0.05, 0.1) is 0 Å². The van der Waals surface area contributed by atoms with Gasteiger partial charge in [-0.2, -0.15) is 4.98 Å². The first-order chi connectivity index (χ1) is 13.7. The van der Waals surface area contributed by atoms with Gasteiger partial charge in [-0.3, -0.25) is 15.3 Å². The van der Waals surface area contributed by atoms with Crippen LogP contribution < -0.4 is 11.2 Å². The van der Waals surface area contributed by atoms with E-state index in [0.717, 1.165) is 6.42 Å². The van der Waals surface area contributed by atoms with Gasteiger partial charge in [-0.25, -0.2) is 9.59 Å². The van der Waals surface area contributed by atoms with Gasteiger partial charge in [0.2, 0.25) is 0 Å². The fourth-order valence-corrected chi connectivity index (χ4v) is 3.94. The second kappa shape index (κ2) is 7.33. The van der Waals surface area contributed by atoms with Gasteiger partial charge in [0.1, 0.15) is 24.9 Å². The molecule has 0 aromatic carbocycles. The van der Waals surface area contributed by atoms with E-state index in [9.17, 15) is 9.59 Å². The van der Waals surface area contributed by atoms with E-state index in [1.807, 2.05) is 5.48 Å². The molecule has 160 valence electrons. The number of ether oxygens (including phenoxy) is 5. The zero-order valence-electron chi connectivity index (χ0n) is 16.5. The molecule has 1 aromatic heterocycles. The molecule has 4 rings (SSSR count). The van der Waals surface area contributed by atoms with E-state index < -0.39 is 47.6 Å². The van der Waals surface area contributed by atoms with Gasteiger partial charge in [-0.15, -0.1) is 0 Å². The highest BCUT2D eigenvalue weighted by atomic mass is 16.8. The predicted molar refractivity (Wildman–Crippen MR) is 96.2 cm³/mol. The van der Waals surface area contributed by atoms with Crippen molar-refractivity contribution < 1.29 is 33.7 Å². The molecule has 11 nitrogen and oxygen atoms in total. The second-order valence-corrected chi connectivity index (χ2v) is 8.03. The molecule has 3 aliphatic heterocycles. The van der Waals surface area contributed by atoms with E-state index in [1.54, 1.807) is 20.8 Å². The van der Waals surface area contributed by atoms with Crippen molar-refractivity contribution in [2.45, 2.75) is 69.5 Å². The van der Waals surface area contributed by atoms with Crippen LogP contribution in [0.25, 0.3) is 0 Å². The van der Waals surface area contributed by atoms with Crippen LogP contribution in [0.2, 0.25) is 0 Å². The molecule has 0 aliphatic carbocycles. The molecule has 0 amide bonds. The first kappa shape index (κ1) is 20.2. The van der Waals surface area contributed by atoms with E-state index in [1.165, 1.54) is 16.8 Å². The Labute approximate surface area is 166 Å². The van der Waals surface area contributed by atoms with Crippen molar-refractivity contribution in [3.8, 4) is 0 Å². The minimum atomic E-state index is -0.947. The largest absolute Gasteiger partial charge is 0.461 e. The van der Waals surface area contributed by atoms with Crippen LogP contribution in [0.1, 0.15) is 39.8 Å². The van der Waals surface area contributed by atoms with Crippen LogP contribution in [-0.2, 0) is 28.5 Å². The highest BCUT2D eigenvalue weighted by Crippen LogP contribution is 2.42. The quantitative estimate of drug-likeness (QED) is 0.524. The number of carbonyl (C=O) groups excluding carboxylic acids is 1. The summed E-state index contributed by atoms with van der Waals surface area (Å²) in [6.45, 7) is 5.70. The molecule has 0 saturated carbocycles. The van der Waals surface area contributed by atoms with Crippen LogP contribution in [0.15, 0.2) is 17.1 Å². The van der Waals surface area contributed by atoms with Crippen molar-refractivity contribution in [1.82, 2.24) is 9.55 Å². The van der Waals surface area contributed by atoms with Gasteiger partial charge >= 0.3 is 11.7 Å². The number of carbonyl (C=O) groups is 1. The molecule has 3 saturated heterocycles. The molecule has 0 bridgehead atoms. The maximum absolute atomic E-state index is 12.4. The lowest BCUT2D eigenvalue weighted by molar-refractivity contribution is -0.205. The smallest absolute Gasteiger partial charge is 0.351 e. The number of fused-ring (bicyclic) bond motifs is 1. The Kier molecular flexibility index (Phi) is 5.11. The minimum absolute atomic E-state index is 0.0139. The van der Waals surface area contributed by atoms with E-state index in [-0.39, 0.29) is 12.4 Å². The monoisotopic (exact) mass is 411 g/mol. The summed E-state index contributed by atoms with van der Waals surface area (Å²) in [7, 11) is 0. The first-order valence-corrected chi connectivity index (χ1v) is 9.54. The average Bonchev–Trinajstić information content (AvgIpc) is 3.33. The fraction of sp³-hybridized carbons (Fsp3) is 0.722. The van der Waals surface area contributed by atoms with Crippen LogP contribution in [0.3, 0.4) is 0 Å². The Morgan fingerprint density at radius 1 is 1.38 bits per heavy atom. The molecule has 0 radical (unpaired) electrons. The van der Waals surface area contributed by atoms with Gasteiger partial charge in [0.15, 0.2) is 23.4 Å². The summed E-state index contributed by atoms with van der Waals surface area (Å²) in [6, 6.07) is 1.42. The van der Waals surface area contributed by atoms with E-state index in [4.69, 9.17) is 28.9 Å². The van der Waals surface area contributed by atoms with E-state index >= 15 is 0 Å². The summed E-state index contributed by atoms with van der Waals surface area (Å²) in [5.74, 6) is -1.32. The van der Waals surface area contributed by atoms with Crippen molar-refractivity contribution in [2.24, 2.45) is 0 Å². The summed E-state index contributed by atoms with van der Waals surface area (Å²) in [5, 5.41) is 8.92. The van der Waals surface area contributed by atoms with Gasteiger partial charge in [0.25, 0.3) is 0 Å². The molecule has 1 aromatic rings. The van der Waals surface area contributed by atoms with Gasteiger partial charge in [-0.1, -0.05) is 0 Å². The van der Waals surface area contributed by atoms with Crippen molar-refractivity contribution in [3.63, 3.8) is 0 Å². The van der Waals surface area contributed by atoms with Crippen molar-refractivity contribution >= 4 is 11.8 Å². The zero-order chi connectivity index (χ0) is 20.8. The third-order valence-corrected chi connectivity index (χ3v) is 5.37. The van der Waals surface area contributed by atoms with E-state index in [0.29, 0.717) is 13.0 Å². The van der Waals surface area contributed by atoms with Crippen LogP contribution >= 0.6 is 0 Å². The van der Waals surface area contributed by atoms with Gasteiger partial charge < -0.3 is 23.7 Å². The molecular formula is C18H25N3O8. The second-order valence-electron chi connectivity index (χ2n) is 8.03. The highest BCUT2D eigenvalue weighted by Gasteiger charge is 2.56. The SMILES string of the molecule is CC1(C)O[C@@H]2[C@H](O1)[C@@H](COC(=O)[C@]1(C)CCCO1)O[C@H]2n1ccc(NO)nc1=O. The molecule has 0 unspecified atom stereocenters. The molecule has 3 aliphatic rings. The minimum Gasteiger partial charge on any atom is -0.461 e. The standard InChI is InChI=1S/C18H25N3O8/c1-17(2)28-12-10(9-25-15(22)18(3)6-4-8-26-18)27-14(13(12)29-17)21-7-5-11(20-24)19-16(21)23/h5,7,10,12-14,24H,4,6,8-9H2,1-3H3,(H,19,20,23)/t10-,12-,13-,14-,18+/m1/s1. The van der Waals surface area contributed by atoms with Crippen LogP contribution in [0.4, 0.5) is 5.82 Å². The number of esters is 1. The number of aromatic nitrogens is 2. The molecular weight excluding hydrogens is 386 g/mol. The summed E-state index contributed by atoms with van der Waals surface area (Å²) in [5.41, 5.74) is 0.246. The number of nitrogens with one attached hydrogen (secondary N) is 1. The van der Waals surface area contributed by atoms with Gasteiger partial charge in [0, 0.05) is 12.8 Å². The number of hydrogen-bond donors (Lipinski definition) is 2. The summed E-state index contributed by atoms with van der Waals surface area (Å²) in [6.07, 6.45) is 0.247. The lowest BCUT2D eigenvalue weighted by atomic mass is 10.0.